The van der Waals surface area contributed by atoms with Gasteiger partial charge in [-0.05, 0) is 28.1 Å². The fraction of sp³-hybridized carbons (Fsp3) is 0. The lowest BCUT2D eigenvalue weighted by Gasteiger charge is -1.97. The van der Waals surface area contributed by atoms with E-state index < -0.39 is 0 Å². The molecule has 1 rings (SSSR count). The minimum atomic E-state index is 0.801. The molecule has 0 fully saturated rings. The number of nitrogen functional groups attached to an aromatic ring is 1. The quantitative estimate of drug-likeness (QED) is 0.455. The van der Waals surface area contributed by atoms with Crippen LogP contribution in [0.25, 0.3) is 0 Å². The first-order valence-corrected chi connectivity index (χ1v) is 3.51. The van der Waals surface area contributed by atoms with Gasteiger partial charge in [-0.1, -0.05) is 11.5 Å². The molecule has 9 heavy (non-hydrogen) atoms. The predicted octanol–water partition coefficient (Wildman–Crippen LogP) is 0.290. The second-order valence-corrected chi connectivity index (χ2v) is 2.88. The van der Waals surface area contributed by atoms with Crippen LogP contribution in [0.4, 0.5) is 5.69 Å². The fourth-order valence-electron chi connectivity index (χ4n) is 0.663. The van der Waals surface area contributed by atoms with E-state index >= 15 is 0 Å². The molecule has 1 aromatic rings. The molecule has 1 aromatic carbocycles. The van der Waals surface area contributed by atoms with Crippen LogP contribution >= 0.6 is 15.9 Å². The highest BCUT2D eigenvalue weighted by atomic mass is 79.9. The van der Waals surface area contributed by atoms with Crippen LogP contribution in [0, 0.1) is 0 Å². The smallest absolute Gasteiger partial charge is 0.139 e. The van der Waals surface area contributed by atoms with Crippen molar-refractivity contribution in [1.82, 2.24) is 0 Å². The van der Waals surface area contributed by atoms with Crippen LogP contribution in [-0.4, -0.2) is 7.85 Å². The van der Waals surface area contributed by atoms with E-state index in [0.29, 0.717) is 0 Å². The van der Waals surface area contributed by atoms with Gasteiger partial charge in [-0.2, -0.15) is 0 Å². The lowest BCUT2D eigenvalue weighted by Crippen LogP contribution is -2.02. The largest absolute Gasteiger partial charge is 0.398 e. The van der Waals surface area contributed by atoms with Crippen molar-refractivity contribution in [3.8, 4) is 0 Å². The number of hydrogen-bond acceptors (Lipinski definition) is 1. The van der Waals surface area contributed by atoms with E-state index in [1.807, 2.05) is 26.0 Å². The summed E-state index contributed by atoms with van der Waals surface area (Å²) in [7, 11) is 2.02. The summed E-state index contributed by atoms with van der Waals surface area (Å²) in [6, 6.07) is 5.90. The highest BCUT2D eigenvalue weighted by molar-refractivity contribution is 9.10. The van der Waals surface area contributed by atoms with Crippen molar-refractivity contribution in [3.05, 3.63) is 22.7 Å². The molecule has 0 aliphatic heterocycles. The molecule has 0 bridgehead atoms. The number of benzene rings is 1. The highest BCUT2D eigenvalue weighted by Crippen LogP contribution is 2.15. The van der Waals surface area contributed by atoms with Crippen molar-refractivity contribution in [2.45, 2.75) is 0 Å². The van der Waals surface area contributed by atoms with Crippen molar-refractivity contribution in [3.63, 3.8) is 0 Å². The Morgan fingerprint density at radius 1 is 1.44 bits per heavy atom. The second-order valence-electron chi connectivity index (χ2n) is 2.02. The molecular weight excluding hydrogens is 177 g/mol. The number of halogens is 1. The average molecular weight is 184 g/mol. The maximum atomic E-state index is 5.57. The summed E-state index contributed by atoms with van der Waals surface area (Å²) in [5.41, 5.74) is 7.57. The van der Waals surface area contributed by atoms with Gasteiger partial charge < -0.3 is 5.73 Å². The Morgan fingerprint density at radius 2 is 2.11 bits per heavy atom. The van der Waals surface area contributed by atoms with E-state index in [1.165, 1.54) is 5.46 Å². The number of anilines is 1. The van der Waals surface area contributed by atoms with Crippen LogP contribution in [0.15, 0.2) is 22.7 Å². The van der Waals surface area contributed by atoms with Gasteiger partial charge in [0, 0.05) is 10.2 Å². The molecule has 0 saturated heterocycles. The molecule has 0 heterocycles. The van der Waals surface area contributed by atoms with Gasteiger partial charge in [-0.15, -0.1) is 0 Å². The summed E-state index contributed by atoms with van der Waals surface area (Å²) < 4.78 is 0.966. The zero-order chi connectivity index (χ0) is 6.85. The lowest BCUT2D eigenvalue weighted by atomic mass is 9.96. The van der Waals surface area contributed by atoms with Gasteiger partial charge in [-0.25, -0.2) is 0 Å². The van der Waals surface area contributed by atoms with Crippen molar-refractivity contribution in [2.24, 2.45) is 0 Å². The molecule has 0 spiro atoms. The van der Waals surface area contributed by atoms with Crippen molar-refractivity contribution in [2.75, 3.05) is 5.73 Å². The molecule has 3 heteroatoms. The van der Waals surface area contributed by atoms with Crippen molar-refractivity contribution < 1.29 is 0 Å². The Balaban J connectivity index is 3.17. The van der Waals surface area contributed by atoms with Crippen LogP contribution in [0.1, 0.15) is 0 Å². The Hall–Kier alpha value is -0.435. The normalized spacial score (nSPS) is 9.44. The maximum absolute atomic E-state index is 5.57. The first-order valence-electron chi connectivity index (χ1n) is 2.72. The maximum Gasteiger partial charge on any atom is 0.139 e. The molecule has 0 saturated carbocycles. The SMILES string of the molecule is Bc1ccc(Br)c(N)c1. The third-order valence-electron chi connectivity index (χ3n) is 1.15. The summed E-state index contributed by atoms with van der Waals surface area (Å²) in [6.45, 7) is 0. The molecule has 0 aromatic heterocycles. The summed E-state index contributed by atoms with van der Waals surface area (Å²) in [4.78, 5) is 0. The average Bonchev–Trinajstić information content (AvgIpc) is 1.80. The first-order chi connectivity index (χ1) is 4.20. The van der Waals surface area contributed by atoms with Crippen molar-refractivity contribution in [1.29, 1.82) is 0 Å². The molecule has 0 radical (unpaired) electrons. The first kappa shape index (κ1) is 6.68. The predicted molar refractivity (Wildman–Crippen MR) is 46.7 cm³/mol. The Kier molecular flexibility index (Phi) is 1.81. The minimum absolute atomic E-state index is 0.801. The monoisotopic (exact) mass is 183 g/mol. The van der Waals surface area contributed by atoms with Gasteiger partial charge in [0.15, 0.2) is 0 Å². The van der Waals surface area contributed by atoms with Gasteiger partial charge >= 0.3 is 0 Å². The van der Waals surface area contributed by atoms with Crippen molar-refractivity contribution >= 4 is 34.9 Å². The van der Waals surface area contributed by atoms with E-state index in [0.717, 1.165) is 10.2 Å². The Morgan fingerprint density at radius 3 is 2.56 bits per heavy atom. The Bertz CT molecular complexity index is 224. The minimum Gasteiger partial charge on any atom is -0.398 e. The van der Waals surface area contributed by atoms with E-state index in [2.05, 4.69) is 15.9 Å². The summed E-state index contributed by atoms with van der Waals surface area (Å²) in [6.07, 6.45) is 0. The number of hydrogen-bond donors (Lipinski definition) is 1. The molecule has 0 aliphatic rings. The van der Waals surface area contributed by atoms with Gasteiger partial charge in [0.05, 0.1) is 0 Å². The topological polar surface area (TPSA) is 26.0 Å². The van der Waals surface area contributed by atoms with Crippen LogP contribution in [0.2, 0.25) is 0 Å². The molecule has 0 amide bonds. The molecule has 1 nitrogen and oxygen atoms in total. The number of nitrogens with two attached hydrogens (primary N) is 1. The molecule has 0 unspecified atom stereocenters. The molecule has 0 aliphatic carbocycles. The van der Waals surface area contributed by atoms with E-state index in [-0.39, 0.29) is 0 Å². The van der Waals surface area contributed by atoms with E-state index in [4.69, 9.17) is 5.73 Å². The van der Waals surface area contributed by atoms with Crippen LogP contribution in [0.5, 0.6) is 0 Å². The molecule has 46 valence electrons. The fourth-order valence-corrected chi connectivity index (χ4v) is 0.910. The zero-order valence-electron chi connectivity index (χ0n) is 5.19. The van der Waals surface area contributed by atoms with Gasteiger partial charge in [0.2, 0.25) is 0 Å². The van der Waals surface area contributed by atoms with Crippen LogP contribution < -0.4 is 11.2 Å². The number of rotatable bonds is 0. The summed E-state index contributed by atoms with van der Waals surface area (Å²) in [5.74, 6) is 0. The van der Waals surface area contributed by atoms with Gasteiger partial charge in [0.25, 0.3) is 0 Å². The summed E-state index contributed by atoms with van der Waals surface area (Å²) in [5, 5.41) is 0. The summed E-state index contributed by atoms with van der Waals surface area (Å²) >= 11 is 3.30. The van der Waals surface area contributed by atoms with Crippen LogP contribution in [0.3, 0.4) is 0 Å². The van der Waals surface area contributed by atoms with Crippen LogP contribution in [-0.2, 0) is 0 Å². The zero-order valence-corrected chi connectivity index (χ0v) is 6.77. The van der Waals surface area contributed by atoms with E-state index in [1.54, 1.807) is 0 Å². The molecular formula is C6H7BBrN. The highest BCUT2D eigenvalue weighted by Gasteiger charge is 1.91. The standard InChI is InChI=1S/C6H7BBrN/c7-4-1-2-5(8)6(9)3-4/h1-3H,7,9H2. The Labute approximate surface area is 63.8 Å². The second kappa shape index (κ2) is 2.44. The third kappa shape index (κ3) is 1.48. The van der Waals surface area contributed by atoms with Gasteiger partial charge in [-0.3, -0.25) is 0 Å². The molecule has 0 atom stereocenters. The lowest BCUT2D eigenvalue weighted by molar-refractivity contribution is 1.67. The third-order valence-corrected chi connectivity index (χ3v) is 1.87. The van der Waals surface area contributed by atoms with E-state index in [9.17, 15) is 0 Å². The molecule has 2 N–H and O–H groups in total. The van der Waals surface area contributed by atoms with Gasteiger partial charge in [0.1, 0.15) is 7.85 Å².